The summed E-state index contributed by atoms with van der Waals surface area (Å²) in [5.41, 5.74) is 1.58. The van der Waals surface area contributed by atoms with E-state index in [9.17, 15) is 17.6 Å². The van der Waals surface area contributed by atoms with Gasteiger partial charge in [-0.25, -0.2) is 12.8 Å². The highest BCUT2D eigenvalue weighted by Gasteiger charge is 2.46. The molecule has 0 amide bonds. The van der Waals surface area contributed by atoms with E-state index in [1.54, 1.807) is 0 Å². The van der Waals surface area contributed by atoms with Crippen LogP contribution >= 0.6 is 0 Å². The van der Waals surface area contributed by atoms with Crippen molar-refractivity contribution in [2.24, 2.45) is 0 Å². The zero-order chi connectivity index (χ0) is 19.3. The van der Waals surface area contributed by atoms with Gasteiger partial charge < -0.3 is 5.32 Å². The number of carbonyl (C=O) groups is 1. The van der Waals surface area contributed by atoms with Gasteiger partial charge in [0, 0.05) is 6.42 Å². The molecule has 0 bridgehead atoms. The highest BCUT2D eigenvalue weighted by atomic mass is 32.2. The molecule has 1 aliphatic rings. The topological polar surface area (TPSA) is 63.2 Å². The van der Waals surface area contributed by atoms with E-state index in [0.29, 0.717) is 37.9 Å². The molecule has 0 atom stereocenters. The average Bonchev–Trinajstić information content (AvgIpc) is 2.68. The molecule has 1 heterocycles. The Balaban J connectivity index is 1.78. The quantitative estimate of drug-likeness (QED) is 0.791. The van der Waals surface area contributed by atoms with Crippen LogP contribution in [0.15, 0.2) is 54.6 Å². The Bertz CT molecular complexity index is 873. The third kappa shape index (κ3) is 4.45. The SMILES string of the molecule is O=C(CCc1ccccc1)CS(=O)(=O)C1(c2ccc(F)cc2)CCNCC1. The summed E-state index contributed by atoms with van der Waals surface area (Å²) in [4.78, 5) is 12.4. The molecule has 3 rings (SSSR count). The highest BCUT2D eigenvalue weighted by Crippen LogP contribution is 2.39. The molecule has 2 aromatic carbocycles. The minimum Gasteiger partial charge on any atom is -0.317 e. The van der Waals surface area contributed by atoms with Crippen molar-refractivity contribution in [3.05, 3.63) is 71.5 Å². The van der Waals surface area contributed by atoms with Gasteiger partial charge in [-0.15, -0.1) is 0 Å². The molecule has 0 spiro atoms. The fourth-order valence-electron chi connectivity index (χ4n) is 3.71. The predicted molar refractivity (Wildman–Crippen MR) is 104 cm³/mol. The maximum atomic E-state index is 13.3. The van der Waals surface area contributed by atoms with Crippen LogP contribution in [-0.2, 0) is 25.8 Å². The summed E-state index contributed by atoms with van der Waals surface area (Å²) in [7, 11) is -3.73. The average molecular weight is 389 g/mol. The van der Waals surface area contributed by atoms with Crippen LogP contribution in [-0.4, -0.2) is 33.0 Å². The van der Waals surface area contributed by atoms with E-state index < -0.39 is 26.2 Å². The van der Waals surface area contributed by atoms with Gasteiger partial charge >= 0.3 is 0 Å². The van der Waals surface area contributed by atoms with Gasteiger partial charge in [0.2, 0.25) is 0 Å². The van der Waals surface area contributed by atoms with Crippen LogP contribution in [0.5, 0.6) is 0 Å². The first-order valence-electron chi connectivity index (χ1n) is 9.18. The third-order valence-electron chi connectivity index (χ3n) is 5.26. The first kappa shape index (κ1) is 19.7. The number of Topliss-reactive ketones (excluding diaryl/α,β-unsaturated/α-hetero) is 1. The molecule has 0 aromatic heterocycles. The lowest BCUT2D eigenvalue weighted by Gasteiger charge is -2.37. The van der Waals surface area contributed by atoms with E-state index in [1.807, 2.05) is 30.3 Å². The molecule has 1 saturated heterocycles. The van der Waals surface area contributed by atoms with Gasteiger partial charge in [0.1, 0.15) is 17.4 Å². The van der Waals surface area contributed by atoms with Crippen molar-refractivity contribution in [2.75, 3.05) is 18.8 Å². The summed E-state index contributed by atoms with van der Waals surface area (Å²) < 4.78 is 38.7. The Morgan fingerprint density at radius 2 is 1.63 bits per heavy atom. The number of hydrogen-bond acceptors (Lipinski definition) is 4. The molecule has 4 nitrogen and oxygen atoms in total. The van der Waals surface area contributed by atoms with Crippen LogP contribution in [0, 0.1) is 5.82 Å². The fourth-order valence-corrected chi connectivity index (χ4v) is 5.88. The Labute approximate surface area is 159 Å². The molecule has 1 fully saturated rings. The van der Waals surface area contributed by atoms with Gasteiger partial charge in [-0.05, 0) is 55.6 Å². The molecule has 0 aliphatic carbocycles. The van der Waals surface area contributed by atoms with Crippen molar-refractivity contribution in [3.63, 3.8) is 0 Å². The van der Waals surface area contributed by atoms with Gasteiger partial charge in [0.25, 0.3) is 0 Å². The number of halogens is 1. The largest absolute Gasteiger partial charge is 0.317 e. The second-order valence-electron chi connectivity index (χ2n) is 7.03. The van der Waals surface area contributed by atoms with E-state index in [-0.39, 0.29) is 12.2 Å². The lowest BCUT2D eigenvalue weighted by atomic mass is 9.89. The Morgan fingerprint density at radius 1 is 1.00 bits per heavy atom. The van der Waals surface area contributed by atoms with Gasteiger partial charge in [0.15, 0.2) is 9.84 Å². The Morgan fingerprint density at radius 3 is 2.26 bits per heavy atom. The van der Waals surface area contributed by atoms with Crippen molar-refractivity contribution in [1.82, 2.24) is 5.32 Å². The van der Waals surface area contributed by atoms with E-state index in [0.717, 1.165) is 5.56 Å². The summed E-state index contributed by atoms with van der Waals surface area (Å²) in [6, 6.07) is 15.2. The summed E-state index contributed by atoms with van der Waals surface area (Å²) in [5.74, 6) is -1.16. The van der Waals surface area contributed by atoms with E-state index in [1.165, 1.54) is 24.3 Å². The molecule has 0 radical (unpaired) electrons. The van der Waals surface area contributed by atoms with Gasteiger partial charge in [-0.3, -0.25) is 4.79 Å². The maximum Gasteiger partial charge on any atom is 0.167 e. The number of nitrogens with one attached hydrogen (secondary N) is 1. The number of piperidine rings is 1. The molecular formula is C21H24FNO3S. The molecule has 27 heavy (non-hydrogen) atoms. The zero-order valence-corrected chi connectivity index (χ0v) is 16.0. The molecule has 144 valence electrons. The number of sulfone groups is 1. The number of rotatable bonds is 7. The van der Waals surface area contributed by atoms with Crippen LogP contribution in [0.3, 0.4) is 0 Å². The monoisotopic (exact) mass is 389 g/mol. The van der Waals surface area contributed by atoms with Gasteiger partial charge in [0.05, 0.1) is 4.75 Å². The van der Waals surface area contributed by atoms with Crippen molar-refractivity contribution in [2.45, 2.75) is 30.4 Å². The van der Waals surface area contributed by atoms with Crippen LogP contribution < -0.4 is 5.32 Å². The van der Waals surface area contributed by atoms with Crippen molar-refractivity contribution < 1.29 is 17.6 Å². The molecule has 0 unspecified atom stereocenters. The highest BCUT2D eigenvalue weighted by molar-refractivity contribution is 7.93. The van der Waals surface area contributed by atoms with E-state index in [4.69, 9.17) is 0 Å². The normalized spacial score (nSPS) is 16.8. The van der Waals surface area contributed by atoms with Crippen LogP contribution in [0.4, 0.5) is 4.39 Å². The number of aryl methyl sites for hydroxylation is 1. The van der Waals surface area contributed by atoms with Crippen molar-refractivity contribution >= 4 is 15.6 Å². The van der Waals surface area contributed by atoms with Crippen molar-refractivity contribution in [1.29, 1.82) is 0 Å². The number of hydrogen-bond donors (Lipinski definition) is 1. The van der Waals surface area contributed by atoms with E-state index >= 15 is 0 Å². The number of ketones is 1. The third-order valence-corrected chi connectivity index (χ3v) is 7.80. The lowest BCUT2D eigenvalue weighted by Crippen LogP contribution is -2.47. The zero-order valence-electron chi connectivity index (χ0n) is 15.2. The maximum absolute atomic E-state index is 13.3. The Hall–Kier alpha value is -2.05. The lowest BCUT2D eigenvalue weighted by molar-refractivity contribution is -0.116. The first-order valence-corrected chi connectivity index (χ1v) is 10.8. The summed E-state index contributed by atoms with van der Waals surface area (Å²) in [6.07, 6.45) is 1.49. The molecule has 6 heteroatoms. The van der Waals surface area contributed by atoms with E-state index in [2.05, 4.69) is 5.32 Å². The summed E-state index contributed by atoms with van der Waals surface area (Å²) >= 11 is 0. The number of benzene rings is 2. The molecule has 1 aliphatic heterocycles. The van der Waals surface area contributed by atoms with Gasteiger partial charge in [-0.1, -0.05) is 42.5 Å². The summed E-state index contributed by atoms with van der Waals surface area (Å²) in [6.45, 7) is 1.10. The summed E-state index contributed by atoms with van der Waals surface area (Å²) in [5, 5.41) is 3.17. The first-order chi connectivity index (χ1) is 12.9. The van der Waals surface area contributed by atoms with Crippen molar-refractivity contribution in [3.8, 4) is 0 Å². The molecular weight excluding hydrogens is 365 g/mol. The van der Waals surface area contributed by atoms with Crippen LogP contribution in [0.25, 0.3) is 0 Å². The second-order valence-corrected chi connectivity index (χ2v) is 9.33. The van der Waals surface area contributed by atoms with Crippen LogP contribution in [0.2, 0.25) is 0 Å². The van der Waals surface area contributed by atoms with Gasteiger partial charge in [-0.2, -0.15) is 0 Å². The predicted octanol–water partition coefficient (Wildman–Crippen LogP) is 3.02. The smallest absolute Gasteiger partial charge is 0.167 e. The number of carbonyl (C=O) groups excluding carboxylic acids is 1. The van der Waals surface area contributed by atoms with Crippen LogP contribution in [0.1, 0.15) is 30.4 Å². The molecule has 1 N–H and O–H groups in total. The standard InChI is InChI=1S/C21H24FNO3S/c22-19-9-7-18(8-10-19)21(12-14-23-15-13-21)27(25,26)16-20(24)11-6-17-4-2-1-3-5-17/h1-5,7-10,23H,6,11-16H2. The minimum atomic E-state index is -3.73. The molecule has 0 saturated carbocycles. The minimum absolute atomic E-state index is 0.195. The fraction of sp³-hybridized carbons (Fsp3) is 0.381. The Kier molecular flexibility index (Phi) is 6.07. The second kappa shape index (κ2) is 8.31. The molecule has 2 aromatic rings.